The molecule has 0 aliphatic heterocycles. The average molecular weight is 409 g/mol. The van der Waals surface area contributed by atoms with Crippen LogP contribution in [0.4, 0.5) is 5.00 Å². The monoisotopic (exact) mass is 409 g/mol. The molecule has 10 heteroatoms. The zero-order valence-corrected chi connectivity index (χ0v) is 16.3. The van der Waals surface area contributed by atoms with E-state index >= 15 is 0 Å². The Morgan fingerprint density at radius 3 is 2.93 bits per heavy atom. The Labute approximate surface area is 163 Å². The van der Waals surface area contributed by atoms with E-state index < -0.39 is 17.4 Å². The van der Waals surface area contributed by atoms with Gasteiger partial charge in [-0.05, 0) is 38.2 Å². The summed E-state index contributed by atoms with van der Waals surface area (Å²) in [6.45, 7) is 2.01. The van der Waals surface area contributed by atoms with Crippen LogP contribution in [-0.4, -0.2) is 39.3 Å². The summed E-state index contributed by atoms with van der Waals surface area (Å²) < 4.78 is 5.16. The predicted octanol–water partition coefficient (Wildman–Crippen LogP) is 2.32. The number of anilines is 1. The summed E-state index contributed by atoms with van der Waals surface area (Å²) in [4.78, 5) is 43.4. The van der Waals surface area contributed by atoms with Crippen molar-refractivity contribution < 1.29 is 19.4 Å². The molecule has 3 rings (SSSR count). The highest BCUT2D eigenvalue weighted by atomic mass is 32.2. The van der Waals surface area contributed by atoms with E-state index in [1.807, 2.05) is 0 Å². The maximum Gasteiger partial charge on any atom is 0.341 e. The number of thiophene rings is 1. The first-order valence-electron chi connectivity index (χ1n) is 8.52. The van der Waals surface area contributed by atoms with Crippen molar-refractivity contribution in [2.24, 2.45) is 0 Å². The van der Waals surface area contributed by atoms with E-state index in [1.165, 1.54) is 11.3 Å². The number of esters is 1. The molecule has 8 nitrogen and oxygen atoms in total. The first-order chi connectivity index (χ1) is 13.0. The van der Waals surface area contributed by atoms with Gasteiger partial charge in [-0.2, -0.15) is 4.98 Å². The molecule has 1 aliphatic rings. The van der Waals surface area contributed by atoms with Crippen molar-refractivity contribution in [3.8, 4) is 5.88 Å². The highest BCUT2D eigenvalue weighted by molar-refractivity contribution is 7.99. The van der Waals surface area contributed by atoms with Gasteiger partial charge in [-0.1, -0.05) is 11.8 Å². The quantitative estimate of drug-likeness (QED) is 0.380. The average Bonchev–Trinajstić information content (AvgIpc) is 2.97. The van der Waals surface area contributed by atoms with Gasteiger partial charge < -0.3 is 20.1 Å². The minimum Gasteiger partial charge on any atom is -0.493 e. The molecule has 1 amide bonds. The van der Waals surface area contributed by atoms with Crippen molar-refractivity contribution in [2.45, 2.75) is 37.8 Å². The Kier molecular flexibility index (Phi) is 6.17. The maximum atomic E-state index is 12.4. The van der Waals surface area contributed by atoms with Gasteiger partial charge >= 0.3 is 5.97 Å². The van der Waals surface area contributed by atoms with Gasteiger partial charge in [-0.15, -0.1) is 11.3 Å². The van der Waals surface area contributed by atoms with Crippen LogP contribution in [0.3, 0.4) is 0 Å². The number of H-pyrrole nitrogens is 1. The third kappa shape index (κ3) is 4.69. The third-order valence-corrected chi connectivity index (χ3v) is 6.03. The Morgan fingerprint density at radius 2 is 2.19 bits per heavy atom. The molecule has 2 aromatic rings. The number of fused-ring (bicyclic) bond motifs is 1. The van der Waals surface area contributed by atoms with Gasteiger partial charge in [0.1, 0.15) is 5.00 Å². The Bertz CT molecular complexity index is 922. The fraction of sp³-hybridized carbons (Fsp3) is 0.412. The van der Waals surface area contributed by atoms with Crippen molar-refractivity contribution in [3.63, 3.8) is 0 Å². The number of carbonyl (C=O) groups excluding carboxylic acids is 2. The molecule has 0 bridgehead atoms. The number of hydrogen-bond acceptors (Lipinski definition) is 8. The van der Waals surface area contributed by atoms with E-state index in [-0.39, 0.29) is 23.4 Å². The number of aromatic nitrogens is 2. The lowest BCUT2D eigenvalue weighted by atomic mass is 9.95. The predicted molar refractivity (Wildman–Crippen MR) is 103 cm³/mol. The molecule has 0 fully saturated rings. The number of amides is 1. The molecule has 2 heterocycles. The summed E-state index contributed by atoms with van der Waals surface area (Å²) in [5.41, 5.74) is 0.936. The number of aromatic amines is 1. The van der Waals surface area contributed by atoms with E-state index in [0.29, 0.717) is 10.6 Å². The van der Waals surface area contributed by atoms with Gasteiger partial charge in [-0.25, -0.2) is 4.79 Å². The Morgan fingerprint density at radius 1 is 1.41 bits per heavy atom. The number of nitrogens with zero attached hydrogens (tertiary/aromatic N) is 1. The van der Waals surface area contributed by atoms with Crippen LogP contribution in [0.15, 0.2) is 16.0 Å². The van der Waals surface area contributed by atoms with Crippen LogP contribution >= 0.6 is 23.1 Å². The molecule has 0 atom stereocenters. The van der Waals surface area contributed by atoms with Crippen LogP contribution in [0.5, 0.6) is 5.88 Å². The fourth-order valence-electron chi connectivity index (χ4n) is 2.86. The number of rotatable bonds is 6. The van der Waals surface area contributed by atoms with Crippen molar-refractivity contribution in [3.05, 3.63) is 32.4 Å². The minimum atomic E-state index is -0.499. The molecule has 27 heavy (non-hydrogen) atoms. The lowest BCUT2D eigenvalue weighted by molar-refractivity contribution is -0.113. The number of aryl methyl sites for hydroxylation is 1. The van der Waals surface area contributed by atoms with Crippen LogP contribution in [0.1, 0.15) is 40.6 Å². The Hall–Kier alpha value is -2.33. The molecular weight excluding hydrogens is 390 g/mol. The zero-order valence-electron chi connectivity index (χ0n) is 14.7. The lowest BCUT2D eigenvalue weighted by Gasteiger charge is -2.12. The van der Waals surface area contributed by atoms with Gasteiger partial charge in [0, 0.05) is 4.88 Å². The summed E-state index contributed by atoms with van der Waals surface area (Å²) in [5.74, 6) is -1.19. The fourth-order valence-corrected chi connectivity index (χ4v) is 4.83. The molecule has 0 aromatic carbocycles. The molecule has 0 spiro atoms. The third-order valence-electron chi connectivity index (χ3n) is 3.95. The van der Waals surface area contributed by atoms with E-state index in [0.717, 1.165) is 54.0 Å². The number of nitrogens with one attached hydrogen (secondary N) is 2. The number of ether oxygens (including phenoxy) is 1. The number of aromatic hydroxyl groups is 1. The smallest absolute Gasteiger partial charge is 0.341 e. The summed E-state index contributed by atoms with van der Waals surface area (Å²) in [6, 6.07) is 0.950. The van der Waals surface area contributed by atoms with Gasteiger partial charge in [0.05, 0.1) is 24.0 Å². The standard InChI is InChI=1S/C17H19N3O5S2/c1-2-25-16(24)14-9-5-3-4-6-10(9)27-15(14)18-13(23)8-26-17-19-11(21)7-12(22)20-17/h7H,2-6,8H2,1H3,(H,18,23)(H2,19,20,21,22). The molecule has 0 saturated heterocycles. The van der Waals surface area contributed by atoms with Crippen LogP contribution in [0.25, 0.3) is 0 Å². The lowest BCUT2D eigenvalue weighted by Crippen LogP contribution is -2.17. The molecular formula is C17H19N3O5S2. The second kappa shape index (κ2) is 8.57. The van der Waals surface area contributed by atoms with Gasteiger partial charge in [0.25, 0.3) is 5.56 Å². The van der Waals surface area contributed by atoms with Gasteiger partial charge in [0.15, 0.2) is 5.16 Å². The molecule has 0 unspecified atom stereocenters. The minimum absolute atomic E-state index is 0.0305. The summed E-state index contributed by atoms with van der Waals surface area (Å²) in [5, 5.41) is 12.8. The van der Waals surface area contributed by atoms with Gasteiger partial charge in [0.2, 0.25) is 11.8 Å². The number of hydrogen-bond donors (Lipinski definition) is 3. The van der Waals surface area contributed by atoms with Crippen molar-refractivity contribution in [1.82, 2.24) is 9.97 Å². The van der Waals surface area contributed by atoms with Crippen LogP contribution in [0, 0.1) is 0 Å². The second-order valence-corrected chi connectivity index (χ2v) is 7.95. The molecule has 3 N–H and O–H groups in total. The van der Waals surface area contributed by atoms with Gasteiger partial charge in [-0.3, -0.25) is 9.59 Å². The van der Waals surface area contributed by atoms with Crippen LogP contribution in [-0.2, 0) is 22.4 Å². The highest BCUT2D eigenvalue weighted by Crippen LogP contribution is 2.38. The molecule has 2 aromatic heterocycles. The van der Waals surface area contributed by atoms with E-state index in [2.05, 4.69) is 15.3 Å². The van der Waals surface area contributed by atoms with Crippen LogP contribution < -0.4 is 10.9 Å². The summed E-state index contributed by atoms with van der Waals surface area (Å²) >= 11 is 2.40. The first kappa shape index (κ1) is 19.4. The molecule has 1 aliphatic carbocycles. The van der Waals surface area contributed by atoms with Crippen molar-refractivity contribution in [1.29, 1.82) is 0 Å². The number of carbonyl (C=O) groups is 2. The van der Waals surface area contributed by atoms with Crippen molar-refractivity contribution in [2.75, 3.05) is 17.7 Å². The first-order valence-corrected chi connectivity index (χ1v) is 10.3. The highest BCUT2D eigenvalue weighted by Gasteiger charge is 2.27. The number of thioether (sulfide) groups is 1. The molecule has 0 radical (unpaired) electrons. The largest absolute Gasteiger partial charge is 0.493 e. The van der Waals surface area contributed by atoms with E-state index in [4.69, 9.17) is 4.74 Å². The second-order valence-electron chi connectivity index (χ2n) is 5.88. The van der Waals surface area contributed by atoms with Crippen molar-refractivity contribution >= 4 is 40.0 Å². The summed E-state index contributed by atoms with van der Waals surface area (Å²) in [7, 11) is 0. The molecule has 0 saturated carbocycles. The maximum absolute atomic E-state index is 12.4. The topological polar surface area (TPSA) is 121 Å². The molecule has 144 valence electrons. The summed E-state index contributed by atoms with van der Waals surface area (Å²) in [6.07, 6.45) is 3.77. The van der Waals surface area contributed by atoms with E-state index in [9.17, 15) is 19.5 Å². The zero-order chi connectivity index (χ0) is 19.4. The normalized spacial score (nSPS) is 13.1. The SMILES string of the molecule is CCOC(=O)c1c(NC(=O)CSc2nc(O)cc(=O)[nH]2)sc2c1CCCC2. The van der Waals surface area contributed by atoms with E-state index in [1.54, 1.807) is 6.92 Å². The van der Waals surface area contributed by atoms with Crippen LogP contribution in [0.2, 0.25) is 0 Å². The Balaban J connectivity index is 1.74.